The van der Waals surface area contributed by atoms with E-state index >= 15 is 0 Å². The van der Waals surface area contributed by atoms with Crippen LogP contribution in [0, 0.1) is 5.82 Å². The van der Waals surface area contributed by atoms with Crippen LogP contribution in [0.2, 0.25) is 5.02 Å². The fraction of sp³-hybridized carbons (Fsp3) is 0.148. The Balaban J connectivity index is 1.68. The van der Waals surface area contributed by atoms with Gasteiger partial charge in [0.2, 0.25) is 0 Å². The molecule has 1 aliphatic heterocycles. The molecule has 9 heteroatoms. The second-order valence-corrected chi connectivity index (χ2v) is 9.65. The number of hydrogen-bond acceptors (Lipinski definition) is 6. The van der Waals surface area contributed by atoms with Crippen molar-refractivity contribution in [2.45, 2.75) is 19.4 Å². The fourth-order valence-corrected chi connectivity index (χ4v) is 5.36. The van der Waals surface area contributed by atoms with E-state index in [-0.39, 0.29) is 16.5 Å². The van der Waals surface area contributed by atoms with Crippen molar-refractivity contribution >= 4 is 55.7 Å². The number of amides is 1. The third-order valence-electron chi connectivity index (χ3n) is 5.76. The van der Waals surface area contributed by atoms with Crippen molar-refractivity contribution in [3.05, 3.63) is 94.3 Å². The molecule has 2 heterocycles. The normalized spacial score (nSPS) is 17.2. The third-order valence-corrected chi connectivity index (χ3v) is 7.01. The average molecular weight is 523 g/mol. The molecule has 1 aromatic heterocycles. The van der Waals surface area contributed by atoms with E-state index in [0.29, 0.717) is 34.0 Å². The molecule has 5 rings (SSSR count). The van der Waals surface area contributed by atoms with Crippen molar-refractivity contribution in [2.75, 3.05) is 11.5 Å². The summed E-state index contributed by atoms with van der Waals surface area (Å²) in [5.74, 6) is -1.99. The fourth-order valence-electron chi connectivity index (χ4n) is 4.09. The van der Waals surface area contributed by atoms with Gasteiger partial charge in [0, 0.05) is 10.6 Å². The molecule has 0 spiro atoms. The first kappa shape index (κ1) is 24.0. The van der Waals surface area contributed by atoms with Gasteiger partial charge in [0.05, 0.1) is 28.4 Å². The van der Waals surface area contributed by atoms with Crippen molar-refractivity contribution in [3.63, 3.8) is 0 Å². The molecule has 4 aromatic rings. The highest BCUT2D eigenvalue weighted by Crippen LogP contribution is 2.44. The Hall–Kier alpha value is -3.75. The van der Waals surface area contributed by atoms with E-state index in [2.05, 4.69) is 4.98 Å². The summed E-state index contributed by atoms with van der Waals surface area (Å²) in [4.78, 5) is 32.4. The number of aromatic nitrogens is 1. The number of aliphatic hydroxyl groups excluding tert-OH is 1. The van der Waals surface area contributed by atoms with Crippen LogP contribution in [0.25, 0.3) is 16.0 Å². The van der Waals surface area contributed by atoms with E-state index in [1.54, 1.807) is 42.5 Å². The van der Waals surface area contributed by atoms with Crippen LogP contribution >= 0.6 is 22.9 Å². The standard InChI is InChI=1S/C27H20ClFN2O4S/c1-2-12-35-19-5-3-4-16(13-19)24(32)22-23(15-6-9-18(29)10-7-15)31(26(34)25(22)33)27-30-20-11-8-17(28)14-21(20)36-27/h3-11,13-14,23,32H,2,12H2,1H3. The smallest absolute Gasteiger partial charge is 0.301 e. The number of thiazole rings is 1. The highest BCUT2D eigenvalue weighted by molar-refractivity contribution is 7.22. The number of halogens is 2. The van der Waals surface area contributed by atoms with Crippen LogP contribution in [0.5, 0.6) is 5.75 Å². The maximum atomic E-state index is 13.7. The molecule has 6 nitrogen and oxygen atoms in total. The van der Waals surface area contributed by atoms with Crippen LogP contribution in [-0.2, 0) is 9.59 Å². The van der Waals surface area contributed by atoms with Gasteiger partial charge in [-0.15, -0.1) is 0 Å². The van der Waals surface area contributed by atoms with Crippen molar-refractivity contribution in [2.24, 2.45) is 0 Å². The lowest BCUT2D eigenvalue weighted by molar-refractivity contribution is -0.132. The van der Waals surface area contributed by atoms with Gasteiger partial charge in [0.25, 0.3) is 5.78 Å². The lowest BCUT2D eigenvalue weighted by Crippen LogP contribution is -2.29. The zero-order valence-corrected chi connectivity index (χ0v) is 20.6. The van der Waals surface area contributed by atoms with Gasteiger partial charge in [-0.1, -0.05) is 54.1 Å². The van der Waals surface area contributed by atoms with E-state index in [0.717, 1.165) is 11.1 Å². The summed E-state index contributed by atoms with van der Waals surface area (Å²) < 4.78 is 20.1. The van der Waals surface area contributed by atoms with Crippen molar-refractivity contribution in [3.8, 4) is 5.75 Å². The average Bonchev–Trinajstić information content (AvgIpc) is 3.40. The van der Waals surface area contributed by atoms with Gasteiger partial charge in [0.1, 0.15) is 17.3 Å². The molecular formula is C27H20ClFN2O4S. The molecule has 3 aromatic carbocycles. The van der Waals surface area contributed by atoms with Gasteiger partial charge >= 0.3 is 5.91 Å². The van der Waals surface area contributed by atoms with Crippen molar-refractivity contribution < 1.29 is 23.8 Å². The first-order chi connectivity index (χ1) is 17.4. The Morgan fingerprint density at radius 1 is 1.14 bits per heavy atom. The Bertz CT molecular complexity index is 1520. The Morgan fingerprint density at radius 3 is 2.67 bits per heavy atom. The minimum atomic E-state index is -1.01. The highest BCUT2D eigenvalue weighted by atomic mass is 35.5. The van der Waals surface area contributed by atoms with Gasteiger partial charge in [-0.25, -0.2) is 9.37 Å². The van der Waals surface area contributed by atoms with E-state index in [1.165, 1.54) is 40.5 Å². The quantitative estimate of drug-likeness (QED) is 0.177. The molecule has 0 radical (unpaired) electrons. The Morgan fingerprint density at radius 2 is 1.92 bits per heavy atom. The zero-order chi connectivity index (χ0) is 25.4. The summed E-state index contributed by atoms with van der Waals surface area (Å²) in [6, 6.07) is 16.3. The molecule has 1 fully saturated rings. The van der Waals surface area contributed by atoms with E-state index in [9.17, 15) is 19.1 Å². The van der Waals surface area contributed by atoms with Gasteiger partial charge in [-0.3, -0.25) is 14.5 Å². The molecule has 1 atom stereocenters. The summed E-state index contributed by atoms with van der Waals surface area (Å²) in [6.07, 6.45) is 0.805. The monoisotopic (exact) mass is 522 g/mol. The van der Waals surface area contributed by atoms with Gasteiger partial charge in [0.15, 0.2) is 5.13 Å². The first-order valence-electron chi connectivity index (χ1n) is 11.2. The molecular weight excluding hydrogens is 503 g/mol. The number of ketones is 1. The van der Waals surface area contributed by atoms with Gasteiger partial charge in [-0.2, -0.15) is 0 Å². The van der Waals surface area contributed by atoms with Gasteiger partial charge in [-0.05, 0) is 54.4 Å². The summed E-state index contributed by atoms with van der Waals surface area (Å²) >= 11 is 7.31. The minimum Gasteiger partial charge on any atom is -0.507 e. The molecule has 1 unspecified atom stereocenters. The largest absolute Gasteiger partial charge is 0.507 e. The number of rotatable bonds is 6. The summed E-state index contributed by atoms with van der Waals surface area (Å²) in [5, 5.41) is 12.1. The number of ether oxygens (including phenoxy) is 1. The minimum absolute atomic E-state index is 0.114. The summed E-state index contributed by atoms with van der Waals surface area (Å²) in [7, 11) is 0. The molecule has 1 N–H and O–H groups in total. The topological polar surface area (TPSA) is 79.7 Å². The maximum absolute atomic E-state index is 13.7. The Labute approximate surface area is 215 Å². The Kier molecular flexibility index (Phi) is 6.47. The maximum Gasteiger partial charge on any atom is 0.301 e. The van der Waals surface area contributed by atoms with E-state index in [1.807, 2.05) is 6.92 Å². The number of fused-ring (bicyclic) bond motifs is 1. The number of aliphatic hydroxyl groups is 1. The second kappa shape index (κ2) is 9.72. The van der Waals surface area contributed by atoms with Crippen LogP contribution in [0.3, 0.4) is 0 Å². The molecule has 1 aliphatic rings. The summed E-state index contributed by atoms with van der Waals surface area (Å²) in [6.45, 7) is 2.47. The molecule has 0 saturated carbocycles. The molecule has 1 saturated heterocycles. The number of carbonyl (C=O) groups excluding carboxylic acids is 2. The SMILES string of the molecule is CCCOc1cccc(C(O)=C2C(=O)C(=O)N(c3nc4ccc(Cl)cc4s3)C2c2ccc(F)cc2)c1. The number of anilines is 1. The van der Waals surface area contributed by atoms with Crippen LogP contribution in [-0.4, -0.2) is 28.4 Å². The molecule has 0 bridgehead atoms. The van der Waals surface area contributed by atoms with Crippen LogP contribution in [0.1, 0.15) is 30.5 Å². The number of benzene rings is 3. The zero-order valence-electron chi connectivity index (χ0n) is 19.1. The van der Waals surface area contributed by atoms with Crippen LogP contribution in [0.4, 0.5) is 9.52 Å². The first-order valence-corrected chi connectivity index (χ1v) is 12.4. The lowest BCUT2D eigenvalue weighted by atomic mass is 9.95. The second-order valence-electron chi connectivity index (χ2n) is 8.21. The van der Waals surface area contributed by atoms with Crippen molar-refractivity contribution in [1.29, 1.82) is 0 Å². The predicted molar refractivity (Wildman–Crippen MR) is 138 cm³/mol. The van der Waals surface area contributed by atoms with E-state index in [4.69, 9.17) is 16.3 Å². The van der Waals surface area contributed by atoms with Crippen LogP contribution in [0.15, 0.2) is 72.3 Å². The number of hydrogen-bond donors (Lipinski definition) is 1. The molecule has 36 heavy (non-hydrogen) atoms. The highest BCUT2D eigenvalue weighted by Gasteiger charge is 2.48. The van der Waals surface area contributed by atoms with E-state index < -0.39 is 23.5 Å². The summed E-state index contributed by atoms with van der Waals surface area (Å²) in [5.41, 5.74) is 1.27. The third kappa shape index (κ3) is 4.34. The van der Waals surface area contributed by atoms with Crippen molar-refractivity contribution in [1.82, 2.24) is 4.98 Å². The van der Waals surface area contributed by atoms with Crippen LogP contribution < -0.4 is 9.64 Å². The predicted octanol–water partition coefficient (Wildman–Crippen LogP) is 6.50. The molecule has 182 valence electrons. The lowest BCUT2D eigenvalue weighted by Gasteiger charge is -2.23. The molecule has 0 aliphatic carbocycles. The number of nitrogens with zero attached hydrogens (tertiary/aromatic N) is 2. The molecule has 1 amide bonds. The van der Waals surface area contributed by atoms with Gasteiger partial charge < -0.3 is 9.84 Å². The number of Topliss-reactive ketones (excluding diaryl/α,β-unsaturated/α-hetero) is 1. The number of carbonyl (C=O) groups is 2.